The molecular formula is C4H4Li2O3. The van der Waals surface area contributed by atoms with Crippen molar-refractivity contribution in [3.05, 3.63) is 13.8 Å². The average Bonchev–Trinajstić information content (AvgIpc) is 1.27. The molecule has 0 amide bonds. The molecular weight excluding hydrogens is 110 g/mol. The summed E-state index contributed by atoms with van der Waals surface area (Å²) < 4.78 is 3.75. The minimum Gasteiger partial charge on any atom is -0.447 e. The molecule has 0 N–H and O–H groups in total. The van der Waals surface area contributed by atoms with Crippen molar-refractivity contribution in [3.63, 3.8) is 0 Å². The van der Waals surface area contributed by atoms with Gasteiger partial charge >= 0.3 is 37.7 Å². The maximum absolute atomic E-state index is 9.66. The number of rotatable bonds is 0. The molecule has 0 aliphatic rings. The minimum atomic E-state index is -0.875. The van der Waals surface area contributed by atoms with Crippen LogP contribution in [0.2, 0.25) is 0 Å². The van der Waals surface area contributed by atoms with E-state index in [0.717, 1.165) is 0 Å². The summed E-state index contributed by atoms with van der Waals surface area (Å²) in [4.78, 5) is 19.3. The second-order valence-corrected chi connectivity index (χ2v) is 0.846. The van der Waals surface area contributed by atoms with Gasteiger partial charge in [-0.3, -0.25) is 23.4 Å². The summed E-state index contributed by atoms with van der Waals surface area (Å²) in [6, 6.07) is 0. The molecule has 40 valence electrons. The van der Waals surface area contributed by atoms with Crippen molar-refractivity contribution in [2.24, 2.45) is 0 Å². The van der Waals surface area contributed by atoms with Crippen LogP contribution in [0, 0.1) is 13.8 Å². The Kier molecular flexibility index (Phi) is 14.4. The third kappa shape index (κ3) is 17.9. The number of carbonyl (C=O) groups is 2. The minimum absolute atomic E-state index is 0. The molecule has 0 aromatic rings. The van der Waals surface area contributed by atoms with E-state index in [9.17, 15) is 9.59 Å². The van der Waals surface area contributed by atoms with Crippen LogP contribution in [0.25, 0.3) is 0 Å². The third-order valence-corrected chi connectivity index (χ3v) is 0.228. The molecule has 0 aliphatic carbocycles. The standard InChI is InChI=1S/C4H4O3.2Li/c1-3(5)7-4(2)6;;/h1-2H2;;/q-2;2*+1. The molecule has 0 rings (SSSR count). The zero-order valence-electron chi connectivity index (χ0n) is 5.64. The van der Waals surface area contributed by atoms with Gasteiger partial charge in [0.05, 0.1) is 0 Å². The van der Waals surface area contributed by atoms with Crippen LogP contribution in [0.15, 0.2) is 0 Å². The van der Waals surface area contributed by atoms with Crippen molar-refractivity contribution < 1.29 is 52.0 Å². The van der Waals surface area contributed by atoms with E-state index >= 15 is 0 Å². The Bertz CT molecular complexity index is 90.0. The summed E-state index contributed by atoms with van der Waals surface area (Å²) >= 11 is 0. The Labute approximate surface area is 77.9 Å². The van der Waals surface area contributed by atoms with Gasteiger partial charge in [-0.05, 0) is 0 Å². The monoisotopic (exact) mass is 114 g/mol. The molecule has 0 aromatic heterocycles. The van der Waals surface area contributed by atoms with Crippen LogP contribution in [0.3, 0.4) is 0 Å². The van der Waals surface area contributed by atoms with Crippen LogP contribution in [0.5, 0.6) is 0 Å². The fourth-order valence-corrected chi connectivity index (χ4v) is 0.127. The van der Waals surface area contributed by atoms with Crippen molar-refractivity contribution in [1.29, 1.82) is 0 Å². The van der Waals surface area contributed by atoms with Crippen LogP contribution in [0.4, 0.5) is 0 Å². The largest absolute Gasteiger partial charge is 1.00 e. The molecule has 0 heterocycles. The summed E-state index contributed by atoms with van der Waals surface area (Å²) in [6.07, 6.45) is 0. The molecule has 0 saturated carbocycles. The van der Waals surface area contributed by atoms with E-state index in [1.807, 2.05) is 0 Å². The van der Waals surface area contributed by atoms with Gasteiger partial charge in [0, 0.05) is 0 Å². The van der Waals surface area contributed by atoms with Crippen LogP contribution in [-0.4, -0.2) is 11.9 Å². The smallest absolute Gasteiger partial charge is 0.447 e. The average molecular weight is 114 g/mol. The molecule has 5 heteroatoms. The summed E-state index contributed by atoms with van der Waals surface area (Å²) in [5.74, 6) is -1.75. The Morgan fingerprint density at radius 1 is 1.00 bits per heavy atom. The van der Waals surface area contributed by atoms with Gasteiger partial charge in [0.25, 0.3) is 0 Å². The topological polar surface area (TPSA) is 43.4 Å². The first kappa shape index (κ1) is 16.0. The number of hydrogen-bond donors (Lipinski definition) is 0. The van der Waals surface area contributed by atoms with Gasteiger partial charge < -0.3 is 4.74 Å². The molecule has 0 unspecified atom stereocenters. The number of ether oxygens (including phenoxy) is 1. The first-order valence-electron chi connectivity index (χ1n) is 1.52. The predicted molar refractivity (Wildman–Crippen MR) is 21.8 cm³/mol. The first-order chi connectivity index (χ1) is 3.13. The van der Waals surface area contributed by atoms with Crippen LogP contribution in [-0.2, 0) is 14.3 Å². The van der Waals surface area contributed by atoms with Crippen molar-refractivity contribution in [3.8, 4) is 0 Å². The normalized spacial score (nSPS) is 5.78. The molecule has 0 aliphatic heterocycles. The molecule has 0 aromatic carbocycles. The number of carbonyl (C=O) groups excluding carboxylic acids is 2. The van der Waals surface area contributed by atoms with Crippen molar-refractivity contribution in [2.45, 2.75) is 0 Å². The van der Waals surface area contributed by atoms with Crippen LogP contribution in [0.1, 0.15) is 0 Å². The van der Waals surface area contributed by atoms with E-state index in [-0.39, 0.29) is 37.7 Å². The van der Waals surface area contributed by atoms with Gasteiger partial charge in [-0.2, -0.15) is 0 Å². The second-order valence-electron chi connectivity index (χ2n) is 0.846. The summed E-state index contributed by atoms with van der Waals surface area (Å²) in [5.41, 5.74) is 0. The van der Waals surface area contributed by atoms with Gasteiger partial charge in [-0.1, -0.05) is 0 Å². The molecule has 0 fully saturated rings. The van der Waals surface area contributed by atoms with E-state index in [2.05, 4.69) is 18.6 Å². The molecule has 0 spiro atoms. The first-order valence-corrected chi connectivity index (χ1v) is 1.52. The second kappa shape index (κ2) is 8.07. The van der Waals surface area contributed by atoms with E-state index in [1.165, 1.54) is 0 Å². The number of hydrogen-bond acceptors (Lipinski definition) is 3. The third-order valence-electron chi connectivity index (χ3n) is 0.228. The summed E-state index contributed by atoms with van der Waals surface area (Å²) in [6.45, 7) is 5.51. The van der Waals surface area contributed by atoms with Crippen LogP contribution < -0.4 is 37.7 Å². The van der Waals surface area contributed by atoms with Crippen molar-refractivity contribution >= 4 is 11.9 Å². The molecule has 3 nitrogen and oxygen atoms in total. The Balaban J connectivity index is -0.000000180. The van der Waals surface area contributed by atoms with E-state index in [1.54, 1.807) is 0 Å². The Morgan fingerprint density at radius 3 is 1.22 bits per heavy atom. The molecule has 9 heavy (non-hydrogen) atoms. The fourth-order valence-electron chi connectivity index (χ4n) is 0.127. The predicted octanol–water partition coefficient (Wildman–Crippen LogP) is -6.27. The van der Waals surface area contributed by atoms with Crippen molar-refractivity contribution in [1.82, 2.24) is 0 Å². The van der Waals surface area contributed by atoms with E-state index in [4.69, 9.17) is 0 Å². The Hall–Kier alpha value is 0.0748. The molecule has 0 atom stereocenters. The van der Waals surface area contributed by atoms with Gasteiger partial charge in [-0.15, -0.1) is 0 Å². The van der Waals surface area contributed by atoms with Gasteiger partial charge in [0.1, 0.15) is 0 Å². The fraction of sp³-hybridized carbons (Fsp3) is 0. The van der Waals surface area contributed by atoms with Gasteiger partial charge in [0.15, 0.2) is 11.9 Å². The maximum atomic E-state index is 9.66. The molecule has 0 bridgehead atoms. The van der Waals surface area contributed by atoms with E-state index < -0.39 is 11.9 Å². The quantitative estimate of drug-likeness (QED) is 0.136. The summed E-state index contributed by atoms with van der Waals surface area (Å²) in [7, 11) is 0. The number of esters is 2. The molecule has 0 saturated heterocycles. The SMILES string of the molecule is [CH2-]C(=O)OC([CH2-])=O.[Li+].[Li+]. The van der Waals surface area contributed by atoms with Crippen LogP contribution >= 0.6 is 0 Å². The zero-order valence-corrected chi connectivity index (χ0v) is 5.64. The van der Waals surface area contributed by atoms with E-state index in [0.29, 0.717) is 0 Å². The zero-order chi connectivity index (χ0) is 5.86. The Morgan fingerprint density at radius 2 is 1.22 bits per heavy atom. The maximum Gasteiger partial charge on any atom is 1.00 e. The van der Waals surface area contributed by atoms with Gasteiger partial charge in [-0.25, -0.2) is 0 Å². The summed E-state index contributed by atoms with van der Waals surface area (Å²) in [5, 5.41) is 0. The van der Waals surface area contributed by atoms with Gasteiger partial charge in [0.2, 0.25) is 0 Å². The van der Waals surface area contributed by atoms with Crippen molar-refractivity contribution in [2.75, 3.05) is 0 Å². The molecule has 0 radical (unpaired) electrons.